The number of benzene rings is 2. The van der Waals surface area contributed by atoms with Crippen LogP contribution < -0.4 is 26.3 Å². The Morgan fingerprint density at radius 1 is 1.19 bits per heavy atom. The van der Waals surface area contributed by atoms with E-state index in [1.54, 1.807) is 26.2 Å². The van der Waals surface area contributed by atoms with E-state index in [0.29, 0.717) is 24.4 Å². The zero-order chi connectivity index (χ0) is 26.6. The van der Waals surface area contributed by atoms with Crippen LogP contribution in [0.15, 0.2) is 47.6 Å². The van der Waals surface area contributed by atoms with Gasteiger partial charge < -0.3 is 31.2 Å². The molecule has 192 valence electrons. The molecule has 1 aliphatic heterocycles. The number of carbonyl (C=O) groups excluding carboxylic acids is 2. The second kappa shape index (κ2) is 10.8. The third kappa shape index (κ3) is 6.60. The Kier molecular flexibility index (Phi) is 7.99. The number of carbonyl (C=O) groups is 2. The lowest BCUT2D eigenvalue weighted by molar-refractivity contribution is 0.0603. The van der Waals surface area contributed by atoms with Gasteiger partial charge in [0.05, 0.1) is 5.56 Å². The Balaban J connectivity index is 1.94. The SMILES string of the molecule is CN/C=C\C(N)=NC(=O)c1cc(Oc2ccc(C(=O)N3CC(N)C3)c(F)c2)c(C)c(OC(C)(C)C)c1. The van der Waals surface area contributed by atoms with Crippen molar-refractivity contribution in [2.24, 2.45) is 16.5 Å². The molecule has 0 saturated carbocycles. The first-order valence-electron chi connectivity index (χ1n) is 11.5. The number of ether oxygens (including phenoxy) is 2. The Morgan fingerprint density at radius 3 is 2.44 bits per heavy atom. The summed E-state index contributed by atoms with van der Waals surface area (Å²) in [5, 5.41) is 2.77. The highest BCUT2D eigenvalue weighted by Gasteiger charge is 2.30. The zero-order valence-corrected chi connectivity index (χ0v) is 21.1. The molecular formula is C26H32FN5O4. The molecule has 2 amide bonds. The van der Waals surface area contributed by atoms with Gasteiger partial charge in [0.25, 0.3) is 11.8 Å². The molecule has 5 N–H and O–H groups in total. The van der Waals surface area contributed by atoms with Gasteiger partial charge in [0, 0.05) is 43.4 Å². The Hall–Kier alpha value is -3.92. The average molecular weight is 498 g/mol. The third-order valence-electron chi connectivity index (χ3n) is 5.22. The number of hydrogen-bond acceptors (Lipinski definition) is 6. The summed E-state index contributed by atoms with van der Waals surface area (Å²) in [6.07, 6.45) is 3.00. The normalized spacial score (nSPS) is 14.5. The number of likely N-dealkylation sites (tertiary alicyclic amines) is 1. The summed E-state index contributed by atoms with van der Waals surface area (Å²) in [7, 11) is 1.69. The van der Waals surface area contributed by atoms with Gasteiger partial charge in [-0.25, -0.2) is 4.39 Å². The molecule has 0 unspecified atom stereocenters. The van der Waals surface area contributed by atoms with Crippen LogP contribution in [0.4, 0.5) is 4.39 Å². The summed E-state index contributed by atoms with van der Waals surface area (Å²) in [6.45, 7) is 8.16. The van der Waals surface area contributed by atoms with Crippen molar-refractivity contribution in [1.29, 1.82) is 0 Å². The molecule has 10 heteroatoms. The fourth-order valence-electron chi connectivity index (χ4n) is 3.42. The maximum absolute atomic E-state index is 14.8. The van der Waals surface area contributed by atoms with E-state index >= 15 is 0 Å². The molecule has 1 fully saturated rings. The van der Waals surface area contributed by atoms with Crippen molar-refractivity contribution in [3.8, 4) is 17.2 Å². The number of hydrogen-bond donors (Lipinski definition) is 3. The molecule has 0 spiro atoms. The van der Waals surface area contributed by atoms with E-state index in [-0.39, 0.29) is 34.5 Å². The summed E-state index contributed by atoms with van der Waals surface area (Å²) in [5.41, 5.74) is 11.7. The summed E-state index contributed by atoms with van der Waals surface area (Å²) in [5.74, 6) is -0.899. The zero-order valence-electron chi connectivity index (χ0n) is 21.1. The van der Waals surface area contributed by atoms with Gasteiger partial charge >= 0.3 is 0 Å². The number of amidine groups is 1. The van der Waals surface area contributed by atoms with E-state index in [0.717, 1.165) is 6.07 Å². The van der Waals surface area contributed by atoms with Crippen molar-refractivity contribution in [3.63, 3.8) is 0 Å². The molecule has 1 aliphatic rings. The molecule has 0 aromatic heterocycles. The fraction of sp³-hybridized carbons (Fsp3) is 0.346. The van der Waals surface area contributed by atoms with Gasteiger partial charge in [0.15, 0.2) is 0 Å². The van der Waals surface area contributed by atoms with E-state index in [9.17, 15) is 14.0 Å². The predicted octanol–water partition coefficient (Wildman–Crippen LogP) is 3.12. The quantitative estimate of drug-likeness (QED) is 0.395. The number of amides is 2. The number of nitrogens with zero attached hydrogens (tertiary/aromatic N) is 2. The minimum Gasteiger partial charge on any atom is -0.488 e. The summed E-state index contributed by atoms with van der Waals surface area (Å²) in [4.78, 5) is 30.6. The standard InChI is InChI=1S/C26H32FN5O4/c1-15-21(35-18-6-7-19(20(27)12-18)25(34)32-13-17(28)14-32)10-16(11-22(15)36-26(2,3)4)24(33)31-23(29)8-9-30-5/h6-12,17,30H,13-14,28H2,1-5H3,(H2,29,31,33)/b9-8-. The molecule has 2 aromatic carbocycles. The van der Waals surface area contributed by atoms with Crippen LogP contribution in [0.5, 0.6) is 17.2 Å². The number of nitrogens with one attached hydrogen (secondary N) is 1. The van der Waals surface area contributed by atoms with Gasteiger partial charge in [-0.2, -0.15) is 4.99 Å². The summed E-state index contributed by atoms with van der Waals surface area (Å²) < 4.78 is 26.8. The topological polar surface area (TPSA) is 132 Å². The van der Waals surface area contributed by atoms with Crippen molar-refractivity contribution < 1.29 is 23.5 Å². The Morgan fingerprint density at radius 2 is 1.86 bits per heavy atom. The van der Waals surface area contributed by atoms with Crippen LogP contribution in [0.2, 0.25) is 0 Å². The summed E-state index contributed by atoms with van der Waals surface area (Å²) in [6, 6.07) is 6.96. The van der Waals surface area contributed by atoms with Gasteiger partial charge in [-0.05, 0) is 64.2 Å². The van der Waals surface area contributed by atoms with Crippen molar-refractivity contribution in [3.05, 3.63) is 65.1 Å². The van der Waals surface area contributed by atoms with Gasteiger partial charge in [-0.15, -0.1) is 0 Å². The van der Waals surface area contributed by atoms with E-state index in [1.807, 2.05) is 20.8 Å². The first-order chi connectivity index (χ1) is 16.9. The second-order valence-electron chi connectivity index (χ2n) is 9.49. The lowest BCUT2D eigenvalue weighted by atomic mass is 10.1. The highest BCUT2D eigenvalue weighted by molar-refractivity contribution is 6.06. The van der Waals surface area contributed by atoms with Crippen LogP contribution in [0.1, 0.15) is 47.1 Å². The molecule has 2 aromatic rings. The van der Waals surface area contributed by atoms with Gasteiger partial charge in [0.2, 0.25) is 0 Å². The maximum Gasteiger partial charge on any atom is 0.279 e. The van der Waals surface area contributed by atoms with E-state index in [1.165, 1.54) is 29.2 Å². The first kappa shape index (κ1) is 26.7. The van der Waals surface area contributed by atoms with Crippen molar-refractivity contribution in [2.75, 3.05) is 20.1 Å². The average Bonchev–Trinajstić information content (AvgIpc) is 2.76. The smallest absolute Gasteiger partial charge is 0.279 e. The molecule has 0 radical (unpaired) electrons. The van der Waals surface area contributed by atoms with Crippen LogP contribution in [-0.2, 0) is 0 Å². The molecule has 0 atom stereocenters. The molecule has 36 heavy (non-hydrogen) atoms. The fourth-order valence-corrected chi connectivity index (χ4v) is 3.42. The van der Waals surface area contributed by atoms with Crippen LogP contribution in [0, 0.1) is 12.7 Å². The molecule has 1 heterocycles. The van der Waals surface area contributed by atoms with Gasteiger partial charge in [0.1, 0.15) is 34.5 Å². The van der Waals surface area contributed by atoms with Crippen LogP contribution >= 0.6 is 0 Å². The van der Waals surface area contributed by atoms with Crippen molar-refractivity contribution >= 4 is 17.6 Å². The van der Waals surface area contributed by atoms with Crippen LogP contribution in [-0.4, -0.2) is 54.3 Å². The molecule has 3 rings (SSSR count). The number of nitrogens with two attached hydrogens (primary N) is 2. The summed E-state index contributed by atoms with van der Waals surface area (Å²) >= 11 is 0. The van der Waals surface area contributed by atoms with Gasteiger partial charge in [-0.3, -0.25) is 9.59 Å². The largest absolute Gasteiger partial charge is 0.488 e. The van der Waals surface area contributed by atoms with Crippen molar-refractivity contribution in [1.82, 2.24) is 10.2 Å². The monoisotopic (exact) mass is 497 g/mol. The minimum absolute atomic E-state index is 0.0150. The minimum atomic E-state index is -0.720. The molecule has 0 aliphatic carbocycles. The molecule has 9 nitrogen and oxygen atoms in total. The van der Waals surface area contributed by atoms with Crippen LogP contribution in [0.25, 0.3) is 0 Å². The van der Waals surface area contributed by atoms with Crippen LogP contribution in [0.3, 0.4) is 0 Å². The van der Waals surface area contributed by atoms with Gasteiger partial charge in [-0.1, -0.05) is 0 Å². The predicted molar refractivity (Wildman–Crippen MR) is 136 cm³/mol. The highest BCUT2D eigenvalue weighted by Crippen LogP contribution is 2.35. The number of aliphatic imine (C=N–C) groups is 1. The molecule has 0 bridgehead atoms. The van der Waals surface area contributed by atoms with Crippen molar-refractivity contribution in [2.45, 2.75) is 39.3 Å². The molecular weight excluding hydrogens is 465 g/mol. The Bertz CT molecular complexity index is 1210. The first-order valence-corrected chi connectivity index (χ1v) is 11.5. The van der Waals surface area contributed by atoms with E-state index in [2.05, 4.69) is 10.3 Å². The lowest BCUT2D eigenvalue weighted by Crippen LogP contribution is -2.57. The Labute approximate surface area is 210 Å². The number of rotatable bonds is 7. The van der Waals surface area contributed by atoms with E-state index in [4.69, 9.17) is 20.9 Å². The van der Waals surface area contributed by atoms with E-state index < -0.39 is 23.2 Å². The lowest BCUT2D eigenvalue weighted by Gasteiger charge is -2.36. The maximum atomic E-state index is 14.8. The highest BCUT2D eigenvalue weighted by atomic mass is 19.1. The number of halogens is 1. The third-order valence-corrected chi connectivity index (χ3v) is 5.22. The second-order valence-corrected chi connectivity index (χ2v) is 9.49. The molecule has 1 saturated heterocycles.